The summed E-state index contributed by atoms with van der Waals surface area (Å²) < 4.78 is 10.9. The second-order valence-corrected chi connectivity index (χ2v) is 4.49. The van der Waals surface area contributed by atoms with Gasteiger partial charge in [0.05, 0.1) is 6.61 Å². The molecule has 104 valence electrons. The molecule has 0 spiro atoms. The van der Waals surface area contributed by atoms with Crippen LogP contribution in [0.4, 0.5) is 0 Å². The Morgan fingerprint density at radius 2 is 1.75 bits per heavy atom. The van der Waals surface area contributed by atoms with Crippen LogP contribution in [0.1, 0.15) is 29.3 Å². The van der Waals surface area contributed by atoms with E-state index < -0.39 is 0 Å². The predicted octanol–water partition coefficient (Wildman–Crippen LogP) is 4.22. The van der Waals surface area contributed by atoms with Gasteiger partial charge in [-0.3, -0.25) is 4.79 Å². The number of ketones is 1. The first-order valence-corrected chi connectivity index (χ1v) is 6.62. The number of benzene rings is 2. The summed E-state index contributed by atoms with van der Waals surface area (Å²) in [6.45, 7) is 2.40. The third kappa shape index (κ3) is 3.68. The van der Waals surface area contributed by atoms with Gasteiger partial charge < -0.3 is 9.47 Å². The van der Waals surface area contributed by atoms with E-state index in [-0.39, 0.29) is 5.78 Å². The lowest BCUT2D eigenvalue weighted by molar-refractivity contribution is 0.0988. The molecule has 0 aromatic heterocycles. The number of Topliss-reactive ketones (excluding diaryl/α,β-unsaturated/α-hetero) is 1. The zero-order valence-electron chi connectivity index (χ0n) is 11.8. The maximum atomic E-state index is 11.7. The maximum absolute atomic E-state index is 11.7. The first kappa shape index (κ1) is 14.3. The second-order valence-electron chi connectivity index (χ2n) is 4.49. The molecule has 0 amide bonds. The highest BCUT2D eigenvalue weighted by Crippen LogP contribution is 2.23. The molecule has 3 heteroatoms. The van der Waals surface area contributed by atoms with Gasteiger partial charge in [-0.25, -0.2) is 0 Å². The van der Waals surface area contributed by atoms with Crippen molar-refractivity contribution < 1.29 is 14.3 Å². The molecule has 0 unspecified atom stereocenters. The Morgan fingerprint density at radius 3 is 2.45 bits per heavy atom. The van der Waals surface area contributed by atoms with Gasteiger partial charge in [0, 0.05) is 19.1 Å². The molecule has 0 aliphatic rings. The lowest BCUT2D eigenvalue weighted by Crippen LogP contribution is -1.96. The summed E-state index contributed by atoms with van der Waals surface area (Å²) in [5, 5.41) is 0. The van der Waals surface area contributed by atoms with Crippen molar-refractivity contribution in [1.29, 1.82) is 0 Å². The molecule has 2 aromatic carbocycles. The molecule has 0 fully saturated rings. The normalized spacial score (nSPS) is 10.3. The van der Waals surface area contributed by atoms with E-state index in [4.69, 9.17) is 9.47 Å². The van der Waals surface area contributed by atoms with Gasteiger partial charge in [-0.15, -0.1) is 0 Å². The largest absolute Gasteiger partial charge is 0.457 e. The third-order valence-electron chi connectivity index (χ3n) is 2.92. The minimum atomic E-state index is 0.114. The molecular formula is C17H18O3. The molecule has 0 saturated carbocycles. The number of carbonyl (C=O) groups excluding carboxylic acids is 1. The first-order valence-electron chi connectivity index (χ1n) is 6.62. The van der Waals surface area contributed by atoms with E-state index in [0.29, 0.717) is 24.3 Å². The van der Waals surface area contributed by atoms with E-state index in [9.17, 15) is 4.79 Å². The van der Waals surface area contributed by atoms with Crippen molar-refractivity contribution in [3.63, 3.8) is 0 Å². The molecule has 0 saturated heterocycles. The molecule has 2 aromatic rings. The van der Waals surface area contributed by atoms with Crippen LogP contribution >= 0.6 is 0 Å². The Bertz CT molecular complexity index is 590. The fourth-order valence-corrected chi connectivity index (χ4v) is 1.94. The topological polar surface area (TPSA) is 35.5 Å². The highest BCUT2D eigenvalue weighted by atomic mass is 16.5. The fourth-order valence-electron chi connectivity index (χ4n) is 1.94. The average molecular weight is 270 g/mol. The van der Waals surface area contributed by atoms with Crippen molar-refractivity contribution in [1.82, 2.24) is 0 Å². The third-order valence-corrected chi connectivity index (χ3v) is 2.92. The van der Waals surface area contributed by atoms with E-state index in [2.05, 4.69) is 0 Å². The van der Waals surface area contributed by atoms with Crippen LogP contribution in [0, 0.1) is 0 Å². The van der Waals surface area contributed by atoms with Crippen LogP contribution in [0.3, 0.4) is 0 Å². The number of hydrogen-bond acceptors (Lipinski definition) is 3. The predicted molar refractivity (Wildman–Crippen MR) is 78.3 cm³/mol. The molecular weight excluding hydrogens is 252 g/mol. The van der Waals surface area contributed by atoms with E-state index >= 15 is 0 Å². The average Bonchev–Trinajstić information content (AvgIpc) is 2.47. The van der Waals surface area contributed by atoms with Gasteiger partial charge in [-0.2, -0.15) is 0 Å². The number of methoxy groups -OCH3 is 1. The van der Waals surface area contributed by atoms with Crippen molar-refractivity contribution in [2.45, 2.75) is 20.0 Å². The SMILES string of the molecule is CCC(=O)c1cccc(Oc2cccc(COC)c2)c1. The smallest absolute Gasteiger partial charge is 0.162 e. The lowest BCUT2D eigenvalue weighted by atomic mass is 10.1. The van der Waals surface area contributed by atoms with Crippen molar-refractivity contribution in [2.24, 2.45) is 0 Å². The summed E-state index contributed by atoms with van der Waals surface area (Å²) in [5.41, 5.74) is 1.73. The lowest BCUT2D eigenvalue weighted by Gasteiger charge is -2.08. The molecule has 0 bridgehead atoms. The van der Waals surface area contributed by atoms with E-state index in [1.54, 1.807) is 19.2 Å². The summed E-state index contributed by atoms with van der Waals surface area (Å²) in [4.78, 5) is 11.7. The van der Waals surface area contributed by atoms with Gasteiger partial charge in [-0.1, -0.05) is 31.2 Å². The van der Waals surface area contributed by atoms with Gasteiger partial charge in [0.15, 0.2) is 5.78 Å². The second kappa shape index (κ2) is 6.87. The van der Waals surface area contributed by atoms with Crippen molar-refractivity contribution in [2.75, 3.05) is 7.11 Å². The van der Waals surface area contributed by atoms with Crippen molar-refractivity contribution in [3.8, 4) is 11.5 Å². The van der Waals surface area contributed by atoms with E-state index in [0.717, 1.165) is 11.3 Å². The van der Waals surface area contributed by atoms with Crippen LogP contribution in [0.5, 0.6) is 11.5 Å². The molecule has 0 heterocycles. The molecule has 0 atom stereocenters. The van der Waals surface area contributed by atoms with Gasteiger partial charge in [0.2, 0.25) is 0 Å². The standard InChI is InChI=1S/C17H18O3/c1-3-17(18)14-7-5-9-16(11-14)20-15-8-4-6-13(10-15)12-19-2/h4-11H,3,12H2,1-2H3. The number of rotatable bonds is 6. The number of hydrogen-bond donors (Lipinski definition) is 0. The first-order chi connectivity index (χ1) is 9.72. The molecule has 3 nitrogen and oxygen atoms in total. The minimum absolute atomic E-state index is 0.114. The van der Waals surface area contributed by atoms with Gasteiger partial charge in [0.25, 0.3) is 0 Å². The highest BCUT2D eigenvalue weighted by molar-refractivity contribution is 5.96. The Morgan fingerprint density at radius 1 is 1.05 bits per heavy atom. The van der Waals surface area contributed by atoms with Gasteiger partial charge >= 0.3 is 0 Å². The Balaban J connectivity index is 2.17. The van der Waals surface area contributed by atoms with Crippen molar-refractivity contribution in [3.05, 3.63) is 59.7 Å². The maximum Gasteiger partial charge on any atom is 0.162 e. The molecule has 0 aliphatic carbocycles. The highest BCUT2D eigenvalue weighted by Gasteiger charge is 2.05. The van der Waals surface area contributed by atoms with Crippen LogP contribution in [-0.2, 0) is 11.3 Å². The van der Waals surface area contributed by atoms with Gasteiger partial charge in [0.1, 0.15) is 11.5 Å². The molecule has 2 rings (SSSR count). The van der Waals surface area contributed by atoms with E-state index in [1.165, 1.54) is 0 Å². The summed E-state index contributed by atoms with van der Waals surface area (Å²) >= 11 is 0. The van der Waals surface area contributed by atoms with Crippen LogP contribution in [0.2, 0.25) is 0 Å². The monoisotopic (exact) mass is 270 g/mol. The summed E-state index contributed by atoms with van der Waals surface area (Å²) in [6.07, 6.45) is 0.493. The Kier molecular flexibility index (Phi) is 4.91. The number of carbonyl (C=O) groups is 1. The van der Waals surface area contributed by atoms with Gasteiger partial charge in [-0.05, 0) is 29.8 Å². The zero-order chi connectivity index (χ0) is 14.4. The molecule has 0 N–H and O–H groups in total. The van der Waals surface area contributed by atoms with Crippen molar-refractivity contribution >= 4 is 5.78 Å². The molecule has 20 heavy (non-hydrogen) atoms. The molecule has 0 aliphatic heterocycles. The van der Waals surface area contributed by atoms with Crippen LogP contribution in [0.15, 0.2) is 48.5 Å². The fraction of sp³-hybridized carbons (Fsp3) is 0.235. The minimum Gasteiger partial charge on any atom is -0.457 e. The summed E-state index contributed by atoms with van der Waals surface area (Å²) in [6, 6.07) is 15.0. The molecule has 0 radical (unpaired) electrons. The summed E-state index contributed by atoms with van der Waals surface area (Å²) in [7, 11) is 1.66. The Hall–Kier alpha value is -2.13. The van der Waals surface area contributed by atoms with Crippen LogP contribution in [0.25, 0.3) is 0 Å². The quantitative estimate of drug-likeness (QED) is 0.737. The zero-order valence-corrected chi connectivity index (χ0v) is 11.8. The van der Waals surface area contributed by atoms with Crippen LogP contribution < -0.4 is 4.74 Å². The Labute approximate surface area is 119 Å². The number of ether oxygens (including phenoxy) is 2. The van der Waals surface area contributed by atoms with E-state index in [1.807, 2.05) is 43.3 Å². The summed E-state index contributed by atoms with van der Waals surface area (Å²) in [5.74, 6) is 1.52. The van der Waals surface area contributed by atoms with Crippen LogP contribution in [-0.4, -0.2) is 12.9 Å².